The average Bonchev–Trinajstić information content (AvgIpc) is 2.83. The largest absolute Gasteiger partial charge is 0.480 e. The third-order valence-corrected chi connectivity index (χ3v) is 5.93. The molecule has 2 fully saturated rings. The molecule has 1 aliphatic carbocycles. The Morgan fingerprint density at radius 1 is 1.35 bits per heavy atom. The first kappa shape index (κ1) is 15.7. The van der Waals surface area contributed by atoms with E-state index in [4.69, 9.17) is 4.74 Å². The van der Waals surface area contributed by atoms with Gasteiger partial charge in [-0.3, -0.25) is 4.79 Å². The van der Waals surface area contributed by atoms with Gasteiger partial charge in [0.05, 0.1) is 11.9 Å². The summed E-state index contributed by atoms with van der Waals surface area (Å²) in [6.45, 7) is 2.39. The van der Waals surface area contributed by atoms with Crippen LogP contribution in [0.1, 0.15) is 45.4 Å². The van der Waals surface area contributed by atoms with Gasteiger partial charge in [0.15, 0.2) is 0 Å². The van der Waals surface area contributed by atoms with Gasteiger partial charge < -0.3 is 9.84 Å². The van der Waals surface area contributed by atoms with Crippen molar-refractivity contribution in [1.82, 2.24) is 4.72 Å². The lowest BCUT2D eigenvalue weighted by Crippen LogP contribution is -2.60. The maximum Gasteiger partial charge on any atom is 0.325 e. The summed E-state index contributed by atoms with van der Waals surface area (Å²) in [5.74, 6) is -1.41. The Bertz CT molecular complexity index is 457. The molecule has 1 aliphatic heterocycles. The Hall–Kier alpha value is -0.660. The van der Waals surface area contributed by atoms with Gasteiger partial charge in [0.2, 0.25) is 10.0 Å². The molecule has 20 heavy (non-hydrogen) atoms. The van der Waals surface area contributed by atoms with Crippen LogP contribution in [0, 0.1) is 5.92 Å². The highest BCUT2D eigenvalue weighted by Crippen LogP contribution is 2.34. The summed E-state index contributed by atoms with van der Waals surface area (Å²) < 4.78 is 32.3. The van der Waals surface area contributed by atoms with Crippen molar-refractivity contribution in [2.75, 3.05) is 12.4 Å². The van der Waals surface area contributed by atoms with Crippen molar-refractivity contribution in [2.24, 2.45) is 5.92 Å². The number of carbonyl (C=O) groups is 1. The molecule has 0 bridgehead atoms. The van der Waals surface area contributed by atoms with Crippen molar-refractivity contribution >= 4 is 16.0 Å². The van der Waals surface area contributed by atoms with Gasteiger partial charge in [0, 0.05) is 6.61 Å². The number of ether oxygens (including phenoxy) is 1. The summed E-state index contributed by atoms with van der Waals surface area (Å²) >= 11 is 0. The van der Waals surface area contributed by atoms with E-state index in [1.807, 2.05) is 6.92 Å². The van der Waals surface area contributed by atoms with E-state index in [9.17, 15) is 18.3 Å². The molecule has 6 nitrogen and oxygen atoms in total. The Balaban J connectivity index is 2.12. The SMILES string of the molecule is CC1CCCCC1(NS(=O)(=O)CC1CCCO1)C(=O)O. The summed E-state index contributed by atoms with van der Waals surface area (Å²) in [5, 5.41) is 9.53. The zero-order chi connectivity index (χ0) is 14.8. The monoisotopic (exact) mass is 305 g/mol. The number of hydrogen-bond donors (Lipinski definition) is 2. The van der Waals surface area contributed by atoms with Crippen LogP contribution in [0.4, 0.5) is 0 Å². The fraction of sp³-hybridized carbons (Fsp3) is 0.923. The van der Waals surface area contributed by atoms with Crippen molar-refractivity contribution in [3.63, 3.8) is 0 Å². The lowest BCUT2D eigenvalue weighted by atomic mass is 9.74. The molecule has 0 aromatic carbocycles. The second kappa shape index (κ2) is 5.99. The highest BCUT2D eigenvalue weighted by atomic mass is 32.2. The number of rotatable bonds is 5. The van der Waals surface area contributed by atoms with Gasteiger partial charge in [0.1, 0.15) is 5.54 Å². The maximum absolute atomic E-state index is 12.3. The van der Waals surface area contributed by atoms with E-state index in [-0.39, 0.29) is 17.8 Å². The minimum atomic E-state index is -3.66. The minimum absolute atomic E-state index is 0.144. The summed E-state index contributed by atoms with van der Waals surface area (Å²) in [6.07, 6.45) is 4.04. The van der Waals surface area contributed by atoms with Gasteiger partial charge in [-0.1, -0.05) is 19.8 Å². The van der Waals surface area contributed by atoms with Crippen LogP contribution in [0.2, 0.25) is 0 Å². The molecule has 1 saturated heterocycles. The number of sulfonamides is 1. The Morgan fingerprint density at radius 3 is 2.65 bits per heavy atom. The van der Waals surface area contributed by atoms with Crippen molar-refractivity contribution in [3.8, 4) is 0 Å². The van der Waals surface area contributed by atoms with Gasteiger partial charge in [-0.2, -0.15) is 4.72 Å². The first-order valence-corrected chi connectivity index (χ1v) is 8.87. The summed E-state index contributed by atoms with van der Waals surface area (Å²) in [6, 6.07) is 0. The van der Waals surface area contributed by atoms with E-state index in [0.29, 0.717) is 13.0 Å². The predicted molar refractivity (Wildman–Crippen MR) is 73.9 cm³/mol. The second-order valence-corrected chi connectivity index (χ2v) is 7.71. The number of hydrogen-bond acceptors (Lipinski definition) is 4. The smallest absolute Gasteiger partial charge is 0.325 e. The van der Waals surface area contributed by atoms with Crippen LogP contribution in [0.25, 0.3) is 0 Å². The average molecular weight is 305 g/mol. The summed E-state index contributed by atoms with van der Waals surface area (Å²) in [7, 11) is -3.66. The molecule has 3 atom stereocenters. The standard InChI is InChI=1S/C13H23NO5S/c1-10-5-2-3-7-13(10,12(15)16)14-20(17,18)9-11-6-4-8-19-11/h10-11,14H,2-9H2,1H3,(H,15,16). The molecule has 0 spiro atoms. The lowest BCUT2D eigenvalue weighted by Gasteiger charge is -2.39. The van der Waals surface area contributed by atoms with Crippen LogP contribution in [0.5, 0.6) is 0 Å². The van der Waals surface area contributed by atoms with Gasteiger partial charge >= 0.3 is 5.97 Å². The summed E-state index contributed by atoms with van der Waals surface area (Å²) in [5.41, 5.74) is -1.35. The summed E-state index contributed by atoms with van der Waals surface area (Å²) in [4.78, 5) is 11.6. The highest BCUT2D eigenvalue weighted by molar-refractivity contribution is 7.89. The van der Waals surface area contributed by atoms with E-state index in [2.05, 4.69) is 4.72 Å². The molecule has 3 unspecified atom stereocenters. The quantitative estimate of drug-likeness (QED) is 0.794. The zero-order valence-corrected chi connectivity index (χ0v) is 12.6. The first-order valence-electron chi connectivity index (χ1n) is 7.22. The fourth-order valence-electron chi connectivity index (χ4n) is 3.20. The van der Waals surface area contributed by atoms with Gasteiger partial charge in [-0.05, 0) is 31.6 Å². The number of carboxylic acids is 1. The lowest BCUT2D eigenvalue weighted by molar-refractivity contribution is -0.147. The van der Waals surface area contributed by atoms with Gasteiger partial charge in [0.25, 0.3) is 0 Å². The fourth-order valence-corrected chi connectivity index (χ4v) is 4.98. The predicted octanol–water partition coefficient (Wildman–Crippen LogP) is 1.12. The molecule has 2 aliphatic rings. The van der Waals surface area contributed by atoms with E-state index in [1.165, 1.54) is 0 Å². The molecule has 1 saturated carbocycles. The normalized spacial score (nSPS) is 35.0. The van der Waals surface area contributed by atoms with Crippen molar-refractivity contribution in [1.29, 1.82) is 0 Å². The molecular weight excluding hydrogens is 282 g/mol. The third-order valence-electron chi connectivity index (χ3n) is 4.45. The molecule has 0 aromatic heterocycles. The molecule has 0 aromatic rings. The first-order chi connectivity index (χ1) is 9.36. The van der Waals surface area contributed by atoms with Crippen LogP contribution < -0.4 is 4.72 Å². The molecule has 2 rings (SSSR count). The number of aliphatic carboxylic acids is 1. The number of carboxylic acid groups (broad SMARTS) is 1. The van der Waals surface area contributed by atoms with Crippen LogP contribution in [-0.2, 0) is 19.6 Å². The molecule has 2 N–H and O–H groups in total. The van der Waals surface area contributed by atoms with Crippen LogP contribution >= 0.6 is 0 Å². The van der Waals surface area contributed by atoms with E-state index in [0.717, 1.165) is 32.1 Å². The van der Waals surface area contributed by atoms with Gasteiger partial charge in [-0.25, -0.2) is 8.42 Å². The van der Waals surface area contributed by atoms with Crippen LogP contribution in [-0.4, -0.2) is 43.5 Å². The second-order valence-electron chi connectivity index (χ2n) is 5.94. The maximum atomic E-state index is 12.3. The van der Waals surface area contributed by atoms with Crippen LogP contribution in [0.3, 0.4) is 0 Å². The minimum Gasteiger partial charge on any atom is -0.480 e. The van der Waals surface area contributed by atoms with Crippen molar-refractivity contribution < 1.29 is 23.1 Å². The van der Waals surface area contributed by atoms with Crippen molar-refractivity contribution in [3.05, 3.63) is 0 Å². The Labute approximate surface area is 119 Å². The van der Waals surface area contributed by atoms with Crippen molar-refractivity contribution in [2.45, 2.75) is 57.1 Å². The molecule has 1 heterocycles. The van der Waals surface area contributed by atoms with E-state index >= 15 is 0 Å². The molecule has 7 heteroatoms. The van der Waals surface area contributed by atoms with Gasteiger partial charge in [-0.15, -0.1) is 0 Å². The zero-order valence-electron chi connectivity index (χ0n) is 11.8. The highest BCUT2D eigenvalue weighted by Gasteiger charge is 2.48. The Morgan fingerprint density at radius 2 is 2.10 bits per heavy atom. The molecule has 116 valence electrons. The Kier molecular flexibility index (Phi) is 4.71. The number of nitrogens with one attached hydrogen (secondary N) is 1. The molecule has 0 radical (unpaired) electrons. The van der Waals surface area contributed by atoms with Crippen LogP contribution in [0.15, 0.2) is 0 Å². The third kappa shape index (κ3) is 3.32. The van der Waals surface area contributed by atoms with E-state index < -0.39 is 21.5 Å². The molecular formula is C13H23NO5S. The molecule has 0 amide bonds. The van der Waals surface area contributed by atoms with E-state index in [1.54, 1.807) is 0 Å². The topological polar surface area (TPSA) is 92.7 Å².